The van der Waals surface area contributed by atoms with Crippen LogP contribution in [0, 0.1) is 10.1 Å². The lowest BCUT2D eigenvalue weighted by atomic mass is 10.1. The predicted molar refractivity (Wildman–Crippen MR) is 63.2 cm³/mol. The minimum Gasteiger partial charge on any atom is -0.467 e. The van der Waals surface area contributed by atoms with Crippen molar-refractivity contribution < 1.29 is 9.66 Å². The number of hydrogen-bond donors (Lipinski definition) is 1. The molecule has 7 heteroatoms. The highest BCUT2D eigenvalue weighted by atomic mass is 16.6. The zero-order valence-corrected chi connectivity index (χ0v) is 10.4. The van der Waals surface area contributed by atoms with E-state index < -0.39 is 10.5 Å². The van der Waals surface area contributed by atoms with Crippen LogP contribution in [0.1, 0.15) is 27.2 Å². The van der Waals surface area contributed by atoms with Crippen LogP contribution in [0.4, 0.5) is 11.5 Å². The van der Waals surface area contributed by atoms with Crippen molar-refractivity contribution in [2.75, 3.05) is 12.4 Å². The van der Waals surface area contributed by atoms with E-state index in [1.165, 1.54) is 6.33 Å². The average molecular weight is 240 g/mol. The molecule has 0 aliphatic rings. The van der Waals surface area contributed by atoms with Crippen LogP contribution in [-0.2, 0) is 0 Å². The summed E-state index contributed by atoms with van der Waals surface area (Å²) in [6.45, 7) is 5.63. The van der Waals surface area contributed by atoms with E-state index in [4.69, 9.17) is 4.74 Å². The SMILES string of the molecule is CCC(C)(C)Oc1ncnc(NC)c1[N+](=O)[O-]. The molecule has 0 aliphatic carbocycles. The maximum absolute atomic E-state index is 11.0. The molecule has 1 rings (SSSR count). The molecule has 0 saturated carbocycles. The number of rotatable bonds is 5. The summed E-state index contributed by atoms with van der Waals surface area (Å²) in [6.07, 6.45) is 1.95. The molecule has 0 bridgehead atoms. The van der Waals surface area contributed by atoms with Crippen molar-refractivity contribution in [2.24, 2.45) is 0 Å². The van der Waals surface area contributed by atoms with Crippen LogP contribution in [0.25, 0.3) is 0 Å². The largest absolute Gasteiger partial charge is 0.467 e. The Bertz CT molecular complexity index is 420. The van der Waals surface area contributed by atoms with Gasteiger partial charge in [-0.3, -0.25) is 10.1 Å². The number of hydrogen-bond acceptors (Lipinski definition) is 6. The summed E-state index contributed by atoms with van der Waals surface area (Å²) >= 11 is 0. The fourth-order valence-corrected chi connectivity index (χ4v) is 1.12. The second kappa shape index (κ2) is 4.94. The summed E-state index contributed by atoms with van der Waals surface area (Å²) in [5.41, 5.74) is -0.749. The number of nitrogens with one attached hydrogen (secondary N) is 1. The molecule has 7 nitrogen and oxygen atoms in total. The molecular formula is C10H16N4O3. The third-order valence-corrected chi connectivity index (χ3v) is 2.43. The Morgan fingerprint density at radius 2 is 2.18 bits per heavy atom. The summed E-state index contributed by atoms with van der Waals surface area (Å²) in [6, 6.07) is 0. The first kappa shape index (κ1) is 13.1. The molecule has 1 aromatic heterocycles. The topological polar surface area (TPSA) is 90.2 Å². The number of nitro groups is 1. The molecule has 1 aromatic rings. The molecule has 0 saturated heterocycles. The van der Waals surface area contributed by atoms with E-state index in [2.05, 4.69) is 15.3 Å². The highest BCUT2D eigenvalue weighted by Gasteiger charge is 2.28. The van der Waals surface area contributed by atoms with E-state index in [0.717, 1.165) is 0 Å². The van der Waals surface area contributed by atoms with E-state index in [0.29, 0.717) is 6.42 Å². The van der Waals surface area contributed by atoms with Gasteiger partial charge in [-0.1, -0.05) is 6.92 Å². The van der Waals surface area contributed by atoms with Gasteiger partial charge in [-0.15, -0.1) is 0 Å². The Morgan fingerprint density at radius 3 is 2.65 bits per heavy atom. The van der Waals surface area contributed by atoms with Crippen molar-refractivity contribution in [1.82, 2.24) is 9.97 Å². The van der Waals surface area contributed by atoms with Gasteiger partial charge in [-0.2, -0.15) is 4.98 Å². The van der Waals surface area contributed by atoms with Gasteiger partial charge in [-0.05, 0) is 20.3 Å². The summed E-state index contributed by atoms with van der Waals surface area (Å²) < 4.78 is 5.55. The molecule has 0 radical (unpaired) electrons. The van der Waals surface area contributed by atoms with Crippen LogP contribution in [0.2, 0.25) is 0 Å². The summed E-state index contributed by atoms with van der Waals surface area (Å²) in [5, 5.41) is 13.6. The Labute approximate surface area is 99.4 Å². The maximum atomic E-state index is 11.0. The van der Waals surface area contributed by atoms with Crippen LogP contribution >= 0.6 is 0 Å². The van der Waals surface area contributed by atoms with Gasteiger partial charge in [0, 0.05) is 7.05 Å². The summed E-state index contributed by atoms with van der Waals surface area (Å²) in [7, 11) is 1.56. The van der Waals surface area contributed by atoms with Gasteiger partial charge in [0.1, 0.15) is 11.9 Å². The molecule has 0 atom stereocenters. The zero-order chi connectivity index (χ0) is 13.1. The fourth-order valence-electron chi connectivity index (χ4n) is 1.12. The lowest BCUT2D eigenvalue weighted by Gasteiger charge is -2.23. The smallest absolute Gasteiger partial charge is 0.372 e. The van der Waals surface area contributed by atoms with Crippen molar-refractivity contribution in [3.63, 3.8) is 0 Å². The number of aromatic nitrogens is 2. The Morgan fingerprint density at radius 1 is 1.53 bits per heavy atom. The Kier molecular flexibility index (Phi) is 3.82. The van der Waals surface area contributed by atoms with Crippen LogP contribution in [0.15, 0.2) is 6.33 Å². The third kappa shape index (κ3) is 3.02. The molecule has 17 heavy (non-hydrogen) atoms. The molecule has 0 spiro atoms. The van der Waals surface area contributed by atoms with Gasteiger partial charge in [0.25, 0.3) is 5.88 Å². The highest BCUT2D eigenvalue weighted by Crippen LogP contribution is 2.33. The monoisotopic (exact) mass is 240 g/mol. The van der Waals surface area contributed by atoms with Crippen LogP contribution in [-0.4, -0.2) is 27.5 Å². The lowest BCUT2D eigenvalue weighted by Crippen LogP contribution is -2.27. The molecular weight excluding hydrogens is 224 g/mol. The van der Waals surface area contributed by atoms with Crippen molar-refractivity contribution in [1.29, 1.82) is 0 Å². The maximum Gasteiger partial charge on any atom is 0.372 e. The van der Waals surface area contributed by atoms with Gasteiger partial charge >= 0.3 is 5.69 Å². The molecule has 0 amide bonds. The minimum absolute atomic E-state index is 0.0128. The van der Waals surface area contributed by atoms with Gasteiger partial charge < -0.3 is 10.1 Å². The number of anilines is 1. The van der Waals surface area contributed by atoms with Gasteiger partial charge in [0.05, 0.1) is 4.92 Å². The molecule has 0 fully saturated rings. The van der Waals surface area contributed by atoms with E-state index in [1.54, 1.807) is 7.05 Å². The quantitative estimate of drug-likeness (QED) is 0.625. The third-order valence-electron chi connectivity index (χ3n) is 2.43. The second-order valence-corrected chi connectivity index (χ2v) is 4.10. The first-order chi connectivity index (χ1) is 7.91. The van der Waals surface area contributed by atoms with E-state index in [-0.39, 0.29) is 17.4 Å². The van der Waals surface area contributed by atoms with Crippen LogP contribution in [0.5, 0.6) is 5.88 Å². The molecule has 0 aliphatic heterocycles. The van der Waals surface area contributed by atoms with Crippen molar-refractivity contribution in [3.8, 4) is 5.88 Å². The van der Waals surface area contributed by atoms with Crippen molar-refractivity contribution >= 4 is 11.5 Å². The average Bonchev–Trinajstić information content (AvgIpc) is 2.27. The highest BCUT2D eigenvalue weighted by molar-refractivity contribution is 5.60. The predicted octanol–water partition coefficient (Wildman–Crippen LogP) is 1.99. The first-order valence-corrected chi connectivity index (χ1v) is 5.27. The molecule has 0 unspecified atom stereocenters. The van der Waals surface area contributed by atoms with E-state index >= 15 is 0 Å². The number of ether oxygens (including phenoxy) is 1. The molecule has 94 valence electrons. The summed E-state index contributed by atoms with van der Waals surface area (Å²) in [4.78, 5) is 18.1. The second-order valence-electron chi connectivity index (χ2n) is 4.10. The van der Waals surface area contributed by atoms with Crippen molar-refractivity contribution in [2.45, 2.75) is 32.8 Å². The van der Waals surface area contributed by atoms with Gasteiger partial charge in [0.15, 0.2) is 0 Å². The normalized spacial score (nSPS) is 11.1. The molecule has 1 N–H and O–H groups in total. The Balaban J connectivity index is 3.19. The van der Waals surface area contributed by atoms with E-state index in [1.807, 2.05) is 20.8 Å². The summed E-state index contributed by atoms with van der Waals surface area (Å²) in [5.74, 6) is 0.133. The lowest BCUT2D eigenvalue weighted by molar-refractivity contribution is -0.385. The van der Waals surface area contributed by atoms with Crippen molar-refractivity contribution in [3.05, 3.63) is 16.4 Å². The van der Waals surface area contributed by atoms with Gasteiger partial charge in [-0.25, -0.2) is 4.98 Å². The van der Waals surface area contributed by atoms with E-state index in [9.17, 15) is 10.1 Å². The zero-order valence-electron chi connectivity index (χ0n) is 10.4. The van der Waals surface area contributed by atoms with Gasteiger partial charge in [0.2, 0.25) is 5.82 Å². The minimum atomic E-state index is -0.549. The first-order valence-electron chi connectivity index (χ1n) is 5.27. The molecule has 0 aromatic carbocycles. The fraction of sp³-hybridized carbons (Fsp3) is 0.600. The van der Waals surface area contributed by atoms with Crippen LogP contribution in [0.3, 0.4) is 0 Å². The molecule has 1 heterocycles. The number of nitrogens with zero attached hydrogens (tertiary/aromatic N) is 3. The standard InChI is InChI=1S/C10H16N4O3/c1-5-10(2,3)17-9-7(14(15)16)8(11-4)12-6-13-9/h6H,5H2,1-4H3,(H,11,12,13). The van der Waals surface area contributed by atoms with Crippen LogP contribution < -0.4 is 10.1 Å². The Hall–Kier alpha value is -1.92.